The van der Waals surface area contributed by atoms with Gasteiger partial charge in [0, 0.05) is 6.20 Å². The second-order valence-electron chi connectivity index (χ2n) is 5.67. The summed E-state index contributed by atoms with van der Waals surface area (Å²) in [4.78, 5) is 4.62. The highest BCUT2D eigenvalue weighted by Gasteiger charge is 2.19. The van der Waals surface area contributed by atoms with Crippen molar-refractivity contribution in [3.05, 3.63) is 34.7 Å². The van der Waals surface area contributed by atoms with Crippen LogP contribution in [0, 0.1) is 6.92 Å². The van der Waals surface area contributed by atoms with Crippen molar-refractivity contribution >= 4 is 5.57 Å². The Balaban J connectivity index is 2.37. The molecule has 1 aliphatic rings. The van der Waals surface area contributed by atoms with Crippen molar-refractivity contribution < 1.29 is 0 Å². The van der Waals surface area contributed by atoms with E-state index in [1.54, 1.807) is 5.56 Å². The summed E-state index contributed by atoms with van der Waals surface area (Å²) in [5.74, 6) is 0.779. The summed E-state index contributed by atoms with van der Waals surface area (Å²) in [7, 11) is 0. The average molecular weight is 243 g/mol. The van der Waals surface area contributed by atoms with Gasteiger partial charge < -0.3 is 0 Å². The van der Waals surface area contributed by atoms with Gasteiger partial charge in [-0.15, -0.1) is 0 Å². The van der Waals surface area contributed by atoms with Gasteiger partial charge in [0.25, 0.3) is 0 Å². The molecule has 0 N–H and O–H groups in total. The second kappa shape index (κ2) is 5.69. The molecule has 0 spiro atoms. The quantitative estimate of drug-likeness (QED) is 0.706. The highest BCUT2D eigenvalue weighted by molar-refractivity contribution is 5.64. The molecule has 2 rings (SSSR count). The van der Waals surface area contributed by atoms with Gasteiger partial charge in [0.15, 0.2) is 0 Å². The predicted octanol–water partition coefficient (Wildman–Crippen LogP) is 5.25. The summed E-state index contributed by atoms with van der Waals surface area (Å²) in [6.45, 7) is 8.84. The van der Waals surface area contributed by atoms with Crippen LogP contribution in [-0.2, 0) is 0 Å². The zero-order chi connectivity index (χ0) is 13.1. The average Bonchev–Trinajstić information content (AvgIpc) is 2.91. The second-order valence-corrected chi connectivity index (χ2v) is 5.67. The van der Waals surface area contributed by atoms with Crippen molar-refractivity contribution in [3.8, 4) is 0 Å². The number of hydrogen-bond acceptors (Lipinski definition) is 1. The third-order valence-corrected chi connectivity index (χ3v) is 4.49. The van der Waals surface area contributed by atoms with Crippen LogP contribution in [0.15, 0.2) is 17.8 Å². The number of aryl methyl sites for hydroxylation is 1. The molecule has 98 valence electrons. The van der Waals surface area contributed by atoms with Crippen molar-refractivity contribution in [3.63, 3.8) is 0 Å². The lowest BCUT2D eigenvalue weighted by Gasteiger charge is -2.15. The molecule has 0 radical (unpaired) electrons. The Morgan fingerprint density at radius 1 is 1.28 bits per heavy atom. The standard InChI is InChI=1S/C17H25N/c1-5-12(2)14(4)17-10-16(13(3)11-18-17)15-8-6-7-9-15/h10-11,15H,5-9H2,1-4H3/b14-12+. The number of aromatic nitrogens is 1. The molecule has 0 amide bonds. The number of rotatable bonds is 3. The Labute approximate surface area is 111 Å². The van der Waals surface area contributed by atoms with Gasteiger partial charge in [-0.2, -0.15) is 0 Å². The molecule has 1 fully saturated rings. The monoisotopic (exact) mass is 243 g/mol. The normalized spacial score (nSPS) is 18.0. The molecule has 0 bridgehead atoms. The maximum Gasteiger partial charge on any atom is 0.0661 e. The Morgan fingerprint density at radius 2 is 1.94 bits per heavy atom. The van der Waals surface area contributed by atoms with Gasteiger partial charge in [-0.05, 0) is 68.7 Å². The van der Waals surface area contributed by atoms with E-state index < -0.39 is 0 Å². The molecule has 1 heterocycles. The zero-order valence-electron chi connectivity index (χ0n) is 12.2. The van der Waals surface area contributed by atoms with E-state index in [4.69, 9.17) is 0 Å². The van der Waals surface area contributed by atoms with Crippen molar-refractivity contribution in [2.45, 2.75) is 65.7 Å². The first kappa shape index (κ1) is 13.3. The van der Waals surface area contributed by atoms with Crippen LogP contribution in [0.5, 0.6) is 0 Å². The molecule has 0 aromatic carbocycles. The van der Waals surface area contributed by atoms with E-state index in [1.807, 2.05) is 0 Å². The minimum Gasteiger partial charge on any atom is -0.256 e. The Hall–Kier alpha value is -1.11. The van der Waals surface area contributed by atoms with Crippen molar-refractivity contribution in [1.29, 1.82) is 0 Å². The van der Waals surface area contributed by atoms with Gasteiger partial charge >= 0.3 is 0 Å². The summed E-state index contributed by atoms with van der Waals surface area (Å²) in [5, 5.41) is 0. The first-order valence-electron chi connectivity index (χ1n) is 7.26. The lowest BCUT2D eigenvalue weighted by Crippen LogP contribution is -2.00. The molecule has 1 aromatic heterocycles. The summed E-state index contributed by atoms with van der Waals surface area (Å²) in [6, 6.07) is 2.35. The van der Waals surface area contributed by atoms with E-state index >= 15 is 0 Å². The fraction of sp³-hybridized carbons (Fsp3) is 0.588. The van der Waals surface area contributed by atoms with Crippen molar-refractivity contribution in [2.75, 3.05) is 0 Å². The largest absolute Gasteiger partial charge is 0.256 e. The van der Waals surface area contributed by atoms with E-state index in [0.29, 0.717) is 0 Å². The smallest absolute Gasteiger partial charge is 0.0661 e. The molecule has 0 unspecified atom stereocenters. The Bertz CT molecular complexity index is 451. The molecule has 1 aliphatic carbocycles. The van der Waals surface area contributed by atoms with E-state index in [9.17, 15) is 0 Å². The van der Waals surface area contributed by atoms with Crippen LogP contribution < -0.4 is 0 Å². The highest BCUT2D eigenvalue weighted by Crippen LogP contribution is 2.36. The molecule has 1 saturated carbocycles. The lowest BCUT2D eigenvalue weighted by atomic mass is 9.92. The Kier molecular flexibility index (Phi) is 4.21. The van der Waals surface area contributed by atoms with Crippen molar-refractivity contribution in [1.82, 2.24) is 4.98 Å². The third kappa shape index (κ3) is 2.66. The number of hydrogen-bond donors (Lipinski definition) is 0. The fourth-order valence-electron chi connectivity index (χ4n) is 2.90. The van der Waals surface area contributed by atoms with Gasteiger partial charge in [-0.1, -0.05) is 25.3 Å². The minimum atomic E-state index is 0.779. The Morgan fingerprint density at radius 3 is 2.56 bits per heavy atom. The lowest BCUT2D eigenvalue weighted by molar-refractivity contribution is 0.715. The van der Waals surface area contributed by atoms with Crippen LogP contribution in [0.2, 0.25) is 0 Å². The molecule has 0 atom stereocenters. The number of allylic oxidation sites excluding steroid dienone is 2. The van der Waals surface area contributed by atoms with Gasteiger partial charge in [0.2, 0.25) is 0 Å². The molecule has 18 heavy (non-hydrogen) atoms. The van der Waals surface area contributed by atoms with E-state index in [1.165, 1.54) is 48.1 Å². The van der Waals surface area contributed by atoms with Crippen LogP contribution in [0.1, 0.15) is 75.6 Å². The van der Waals surface area contributed by atoms with E-state index in [2.05, 4.69) is 44.9 Å². The van der Waals surface area contributed by atoms with Crippen LogP contribution >= 0.6 is 0 Å². The maximum absolute atomic E-state index is 4.62. The zero-order valence-corrected chi connectivity index (χ0v) is 12.2. The summed E-state index contributed by atoms with van der Waals surface area (Å²) in [6.07, 6.45) is 8.68. The van der Waals surface area contributed by atoms with Gasteiger partial charge in [0.05, 0.1) is 5.69 Å². The first-order valence-corrected chi connectivity index (χ1v) is 7.26. The number of pyridine rings is 1. The van der Waals surface area contributed by atoms with Crippen LogP contribution in [0.3, 0.4) is 0 Å². The molecular weight excluding hydrogens is 218 g/mol. The highest BCUT2D eigenvalue weighted by atomic mass is 14.7. The predicted molar refractivity (Wildman–Crippen MR) is 78.7 cm³/mol. The van der Waals surface area contributed by atoms with Crippen molar-refractivity contribution in [2.24, 2.45) is 0 Å². The molecule has 1 aromatic rings. The van der Waals surface area contributed by atoms with Crippen LogP contribution in [-0.4, -0.2) is 4.98 Å². The molecule has 0 saturated heterocycles. The molecule has 0 aliphatic heterocycles. The first-order chi connectivity index (χ1) is 8.63. The van der Waals surface area contributed by atoms with E-state index in [0.717, 1.165) is 12.3 Å². The fourth-order valence-corrected chi connectivity index (χ4v) is 2.90. The SMILES string of the molecule is CC/C(C)=C(\C)c1cc(C2CCCC2)c(C)cn1. The van der Waals surface area contributed by atoms with Gasteiger partial charge in [-0.3, -0.25) is 4.98 Å². The maximum atomic E-state index is 4.62. The number of nitrogens with zero attached hydrogens (tertiary/aromatic N) is 1. The third-order valence-electron chi connectivity index (χ3n) is 4.49. The van der Waals surface area contributed by atoms with Crippen LogP contribution in [0.25, 0.3) is 5.57 Å². The van der Waals surface area contributed by atoms with E-state index in [-0.39, 0.29) is 0 Å². The van der Waals surface area contributed by atoms with Gasteiger partial charge in [-0.25, -0.2) is 0 Å². The summed E-state index contributed by atoms with van der Waals surface area (Å²) >= 11 is 0. The topological polar surface area (TPSA) is 12.9 Å². The molecular formula is C17H25N. The minimum absolute atomic E-state index is 0.779. The van der Waals surface area contributed by atoms with Gasteiger partial charge in [0.1, 0.15) is 0 Å². The molecule has 1 heteroatoms. The van der Waals surface area contributed by atoms with Crippen LogP contribution in [0.4, 0.5) is 0 Å². The summed E-state index contributed by atoms with van der Waals surface area (Å²) in [5.41, 5.74) is 6.90. The summed E-state index contributed by atoms with van der Waals surface area (Å²) < 4.78 is 0. The molecule has 1 nitrogen and oxygen atoms in total.